The molecule has 1 aliphatic rings. The van der Waals surface area contributed by atoms with Crippen molar-refractivity contribution in [1.29, 1.82) is 0 Å². The Bertz CT molecular complexity index is 1060. The summed E-state index contributed by atoms with van der Waals surface area (Å²) in [5.41, 5.74) is 4.00. The lowest BCUT2D eigenvalue weighted by atomic mass is 10.1. The van der Waals surface area contributed by atoms with Crippen LogP contribution in [0, 0.1) is 6.92 Å². The van der Waals surface area contributed by atoms with E-state index in [1.54, 1.807) is 6.07 Å². The summed E-state index contributed by atoms with van der Waals surface area (Å²) in [6.07, 6.45) is 4.72. The highest BCUT2D eigenvalue weighted by Crippen LogP contribution is 2.28. The first-order valence-corrected chi connectivity index (χ1v) is 9.71. The summed E-state index contributed by atoms with van der Waals surface area (Å²) in [4.78, 5) is 23.8. The van der Waals surface area contributed by atoms with Crippen LogP contribution in [-0.4, -0.2) is 21.4 Å². The highest BCUT2D eigenvalue weighted by Gasteiger charge is 2.22. The Labute approximate surface area is 163 Å². The standard InChI is InChI=1S/C21H22ClN3O2/c1-3-4-19-23-10-14-11-25(8-7-17(14)24-19)12-16-20(22)15-9-13(2)5-6-18(15)27-21(16)26/h5-6,9-10H,3-4,7-8,11-12H2,1-2H3. The molecule has 140 valence electrons. The van der Waals surface area contributed by atoms with Gasteiger partial charge in [0.2, 0.25) is 0 Å². The topological polar surface area (TPSA) is 59.2 Å². The van der Waals surface area contributed by atoms with E-state index in [0.29, 0.717) is 29.3 Å². The summed E-state index contributed by atoms with van der Waals surface area (Å²) in [6.45, 7) is 6.13. The molecule has 0 bridgehead atoms. The minimum absolute atomic E-state index is 0.364. The molecular weight excluding hydrogens is 362 g/mol. The van der Waals surface area contributed by atoms with Crippen LogP contribution in [0.15, 0.2) is 33.6 Å². The van der Waals surface area contributed by atoms with Crippen LogP contribution in [0.2, 0.25) is 5.02 Å². The van der Waals surface area contributed by atoms with Crippen LogP contribution in [0.4, 0.5) is 0 Å². The van der Waals surface area contributed by atoms with E-state index in [0.717, 1.165) is 53.8 Å². The molecule has 2 aromatic heterocycles. The molecule has 1 aromatic carbocycles. The lowest BCUT2D eigenvalue weighted by molar-refractivity contribution is 0.239. The Balaban J connectivity index is 1.61. The van der Waals surface area contributed by atoms with Gasteiger partial charge in [-0.2, -0.15) is 0 Å². The van der Waals surface area contributed by atoms with Gasteiger partial charge in [0, 0.05) is 55.3 Å². The quantitative estimate of drug-likeness (QED) is 0.636. The normalized spacial score (nSPS) is 14.5. The van der Waals surface area contributed by atoms with Crippen molar-refractivity contribution in [1.82, 2.24) is 14.9 Å². The van der Waals surface area contributed by atoms with Crippen LogP contribution in [0.25, 0.3) is 11.0 Å². The number of aromatic nitrogens is 2. The summed E-state index contributed by atoms with van der Waals surface area (Å²) in [5.74, 6) is 0.915. The van der Waals surface area contributed by atoms with Crippen LogP contribution < -0.4 is 5.63 Å². The molecule has 27 heavy (non-hydrogen) atoms. The molecule has 5 nitrogen and oxygen atoms in total. The second-order valence-corrected chi connectivity index (χ2v) is 7.53. The molecule has 0 fully saturated rings. The molecule has 3 heterocycles. The van der Waals surface area contributed by atoms with Crippen LogP contribution >= 0.6 is 11.6 Å². The average Bonchev–Trinajstić information content (AvgIpc) is 2.66. The van der Waals surface area contributed by atoms with Gasteiger partial charge >= 0.3 is 5.63 Å². The maximum atomic E-state index is 12.5. The highest BCUT2D eigenvalue weighted by molar-refractivity contribution is 6.36. The van der Waals surface area contributed by atoms with Crippen LogP contribution in [0.5, 0.6) is 0 Å². The number of nitrogens with zero attached hydrogens (tertiary/aromatic N) is 3. The lowest BCUT2D eigenvalue weighted by Gasteiger charge is -2.28. The predicted octanol–water partition coefficient (Wildman–Crippen LogP) is 4.06. The summed E-state index contributed by atoms with van der Waals surface area (Å²) in [7, 11) is 0. The van der Waals surface area contributed by atoms with Gasteiger partial charge in [-0.05, 0) is 25.5 Å². The molecule has 0 aliphatic carbocycles. The minimum atomic E-state index is -0.364. The largest absolute Gasteiger partial charge is 0.422 e. The fourth-order valence-electron chi connectivity index (χ4n) is 3.57. The minimum Gasteiger partial charge on any atom is -0.422 e. The summed E-state index contributed by atoms with van der Waals surface area (Å²) in [6, 6.07) is 5.67. The third-order valence-electron chi connectivity index (χ3n) is 5.00. The fraction of sp³-hybridized carbons (Fsp3) is 0.381. The van der Waals surface area contributed by atoms with Crippen molar-refractivity contribution in [3.8, 4) is 0 Å². The zero-order valence-corrected chi connectivity index (χ0v) is 16.3. The smallest absolute Gasteiger partial charge is 0.342 e. The Morgan fingerprint density at radius 1 is 1.33 bits per heavy atom. The Morgan fingerprint density at radius 3 is 3.00 bits per heavy atom. The SMILES string of the molecule is CCCc1ncc2c(n1)CCN(Cc1c(Cl)c3cc(C)ccc3oc1=O)C2. The summed E-state index contributed by atoms with van der Waals surface area (Å²) in [5, 5.41) is 1.28. The molecule has 4 rings (SSSR count). The van der Waals surface area contributed by atoms with Crippen LogP contribution in [-0.2, 0) is 25.9 Å². The van der Waals surface area contributed by atoms with Crippen LogP contribution in [0.1, 0.15) is 41.6 Å². The van der Waals surface area contributed by atoms with E-state index >= 15 is 0 Å². The number of hydrogen-bond donors (Lipinski definition) is 0. The number of rotatable bonds is 4. The molecule has 0 spiro atoms. The van der Waals surface area contributed by atoms with Gasteiger partial charge < -0.3 is 4.42 Å². The number of hydrogen-bond acceptors (Lipinski definition) is 5. The third kappa shape index (κ3) is 3.62. The number of fused-ring (bicyclic) bond motifs is 2. The van der Waals surface area contributed by atoms with Crippen molar-refractivity contribution in [2.75, 3.05) is 6.54 Å². The van der Waals surface area contributed by atoms with Crippen molar-refractivity contribution in [2.24, 2.45) is 0 Å². The number of halogens is 1. The van der Waals surface area contributed by atoms with Gasteiger partial charge in [0.1, 0.15) is 11.4 Å². The van der Waals surface area contributed by atoms with Crippen molar-refractivity contribution in [2.45, 2.75) is 46.2 Å². The maximum absolute atomic E-state index is 12.5. The van der Waals surface area contributed by atoms with Crippen molar-refractivity contribution in [3.05, 3.63) is 68.0 Å². The van der Waals surface area contributed by atoms with Gasteiger partial charge in [0.15, 0.2) is 0 Å². The molecule has 0 unspecified atom stereocenters. The maximum Gasteiger partial charge on any atom is 0.342 e. The van der Waals surface area contributed by atoms with E-state index in [1.165, 1.54) is 0 Å². The van der Waals surface area contributed by atoms with Gasteiger partial charge in [-0.3, -0.25) is 4.90 Å². The van der Waals surface area contributed by atoms with Crippen LogP contribution in [0.3, 0.4) is 0 Å². The van der Waals surface area contributed by atoms with E-state index in [2.05, 4.69) is 21.8 Å². The second-order valence-electron chi connectivity index (χ2n) is 7.15. The van der Waals surface area contributed by atoms with Gasteiger partial charge in [-0.1, -0.05) is 30.2 Å². The predicted molar refractivity (Wildman–Crippen MR) is 106 cm³/mol. The number of aryl methyl sites for hydroxylation is 2. The third-order valence-corrected chi connectivity index (χ3v) is 5.44. The monoisotopic (exact) mass is 383 g/mol. The molecule has 3 aromatic rings. The van der Waals surface area contributed by atoms with E-state index < -0.39 is 0 Å². The highest BCUT2D eigenvalue weighted by atomic mass is 35.5. The fourth-order valence-corrected chi connectivity index (χ4v) is 3.86. The number of benzene rings is 1. The molecule has 0 amide bonds. The Morgan fingerprint density at radius 2 is 2.19 bits per heavy atom. The second kappa shape index (κ2) is 7.41. The van der Waals surface area contributed by atoms with E-state index in [1.807, 2.05) is 25.3 Å². The summed E-state index contributed by atoms with van der Waals surface area (Å²) < 4.78 is 5.49. The zero-order valence-electron chi connectivity index (χ0n) is 15.6. The van der Waals surface area contributed by atoms with Gasteiger partial charge in [-0.15, -0.1) is 0 Å². The van der Waals surface area contributed by atoms with Crippen molar-refractivity contribution < 1.29 is 4.42 Å². The molecule has 0 radical (unpaired) electrons. The molecule has 0 N–H and O–H groups in total. The first kappa shape index (κ1) is 18.1. The molecule has 6 heteroatoms. The first-order valence-electron chi connectivity index (χ1n) is 9.33. The molecular formula is C21H22ClN3O2. The lowest BCUT2D eigenvalue weighted by Crippen LogP contribution is -2.32. The molecule has 0 saturated carbocycles. The van der Waals surface area contributed by atoms with E-state index in [-0.39, 0.29) is 5.63 Å². The van der Waals surface area contributed by atoms with Gasteiger partial charge in [-0.25, -0.2) is 14.8 Å². The van der Waals surface area contributed by atoms with Gasteiger partial charge in [0.25, 0.3) is 0 Å². The summed E-state index contributed by atoms with van der Waals surface area (Å²) >= 11 is 6.58. The molecule has 0 saturated heterocycles. The van der Waals surface area contributed by atoms with E-state index in [9.17, 15) is 4.79 Å². The van der Waals surface area contributed by atoms with Crippen molar-refractivity contribution >= 4 is 22.6 Å². The molecule has 1 aliphatic heterocycles. The average molecular weight is 384 g/mol. The zero-order chi connectivity index (χ0) is 19.0. The van der Waals surface area contributed by atoms with E-state index in [4.69, 9.17) is 16.0 Å². The first-order chi connectivity index (χ1) is 13.0. The Hall–Kier alpha value is -2.24. The Kier molecular flexibility index (Phi) is 4.98. The molecule has 0 atom stereocenters. The van der Waals surface area contributed by atoms with Crippen molar-refractivity contribution in [3.63, 3.8) is 0 Å². The van der Waals surface area contributed by atoms with Gasteiger partial charge in [0.05, 0.1) is 10.6 Å².